The Hall–Kier alpha value is -4.10. The molecule has 166 valence electrons. The summed E-state index contributed by atoms with van der Waals surface area (Å²) in [4.78, 5) is 3.76. The second kappa shape index (κ2) is 8.80. The maximum atomic E-state index is 15.7. The van der Waals surface area contributed by atoms with Crippen LogP contribution in [-0.2, 0) is 18.1 Å². The lowest BCUT2D eigenvalue weighted by atomic mass is 9.84. The third-order valence-electron chi connectivity index (χ3n) is 4.89. The summed E-state index contributed by atoms with van der Waals surface area (Å²) in [6.07, 6.45) is 2.11. The van der Waals surface area contributed by atoms with E-state index in [1.807, 2.05) is 18.2 Å². The molecule has 10 heteroatoms. The Morgan fingerprint density at radius 3 is 2.33 bits per heavy atom. The third-order valence-corrected chi connectivity index (χ3v) is 4.89. The van der Waals surface area contributed by atoms with Crippen LogP contribution < -0.4 is 0 Å². The van der Waals surface area contributed by atoms with Gasteiger partial charge in [-0.15, -0.1) is 5.10 Å². The van der Waals surface area contributed by atoms with Gasteiger partial charge in [0.1, 0.15) is 23.7 Å². The lowest BCUT2D eigenvalue weighted by Crippen LogP contribution is -2.48. The molecule has 4 rings (SSSR count). The molecule has 0 fully saturated rings. The summed E-state index contributed by atoms with van der Waals surface area (Å²) in [6, 6.07) is 13.3. The molecule has 0 spiro atoms. The maximum absolute atomic E-state index is 15.7. The highest BCUT2D eigenvalue weighted by Gasteiger charge is 2.57. The molecule has 6 nitrogen and oxygen atoms in total. The highest BCUT2D eigenvalue weighted by atomic mass is 19.3. The molecule has 0 bridgehead atoms. The molecule has 0 aliphatic heterocycles. The highest BCUT2D eigenvalue weighted by Crippen LogP contribution is 2.46. The summed E-state index contributed by atoms with van der Waals surface area (Å²) < 4.78 is 60.0. The fraction of sp³-hybridized carbons (Fsp3) is 0.130. The minimum atomic E-state index is -4.12. The number of aromatic nitrogens is 5. The van der Waals surface area contributed by atoms with Gasteiger partial charge in [0.05, 0.1) is 6.54 Å². The first-order chi connectivity index (χ1) is 15.8. The van der Waals surface area contributed by atoms with Gasteiger partial charge in [-0.05, 0) is 46.8 Å². The van der Waals surface area contributed by atoms with E-state index in [4.69, 9.17) is 0 Å². The summed E-state index contributed by atoms with van der Waals surface area (Å²) >= 11 is 0. The number of tetrazole rings is 1. The molecule has 2 heterocycles. The Morgan fingerprint density at radius 2 is 1.70 bits per heavy atom. The number of pyridine rings is 1. The van der Waals surface area contributed by atoms with Crippen molar-refractivity contribution in [1.82, 2.24) is 25.2 Å². The van der Waals surface area contributed by atoms with Crippen LogP contribution in [-0.4, -0.2) is 30.3 Å². The van der Waals surface area contributed by atoms with Crippen molar-refractivity contribution in [1.29, 1.82) is 0 Å². The number of aliphatic hydroxyl groups is 1. The zero-order valence-corrected chi connectivity index (χ0v) is 16.8. The van der Waals surface area contributed by atoms with Crippen LogP contribution in [0.2, 0.25) is 0 Å². The summed E-state index contributed by atoms with van der Waals surface area (Å²) in [7, 11) is 0. The van der Waals surface area contributed by atoms with Crippen LogP contribution in [0.4, 0.5) is 17.6 Å². The lowest BCUT2D eigenvalue weighted by molar-refractivity contribution is -0.207. The Morgan fingerprint density at radius 1 is 0.939 bits per heavy atom. The molecule has 0 aliphatic carbocycles. The summed E-state index contributed by atoms with van der Waals surface area (Å²) in [5.41, 5.74) is -3.78. The minimum absolute atomic E-state index is 0.357. The van der Waals surface area contributed by atoms with Gasteiger partial charge in [0.2, 0.25) is 0 Å². The van der Waals surface area contributed by atoms with E-state index in [2.05, 4.69) is 32.4 Å². The van der Waals surface area contributed by atoms with E-state index in [1.54, 1.807) is 12.1 Å². The number of rotatable bonds is 5. The predicted molar refractivity (Wildman–Crippen MR) is 109 cm³/mol. The van der Waals surface area contributed by atoms with Gasteiger partial charge in [-0.3, -0.25) is 4.98 Å². The van der Waals surface area contributed by atoms with Gasteiger partial charge in [0.15, 0.2) is 5.60 Å². The molecular formula is C23H15F4N5O. The number of alkyl halides is 2. The number of hydrogen-bond donors (Lipinski definition) is 1. The number of halogens is 4. The van der Waals surface area contributed by atoms with E-state index in [9.17, 15) is 13.9 Å². The summed E-state index contributed by atoms with van der Waals surface area (Å²) in [5.74, 6) is -0.766. The van der Waals surface area contributed by atoms with Crippen LogP contribution in [0.3, 0.4) is 0 Å². The van der Waals surface area contributed by atoms with E-state index in [-0.39, 0.29) is 0 Å². The van der Waals surface area contributed by atoms with Crippen LogP contribution in [0.25, 0.3) is 0 Å². The fourth-order valence-electron chi connectivity index (χ4n) is 3.20. The van der Waals surface area contributed by atoms with Crippen molar-refractivity contribution in [3.8, 4) is 11.8 Å². The van der Waals surface area contributed by atoms with E-state index in [1.165, 1.54) is 6.07 Å². The van der Waals surface area contributed by atoms with Crippen molar-refractivity contribution in [2.24, 2.45) is 0 Å². The molecule has 1 unspecified atom stereocenters. The highest BCUT2D eigenvalue weighted by molar-refractivity contribution is 5.42. The molecule has 0 saturated heterocycles. The average Bonchev–Trinajstić information content (AvgIpc) is 3.31. The summed E-state index contributed by atoms with van der Waals surface area (Å²) in [5, 5.41) is 21.3. The first kappa shape index (κ1) is 22.1. The van der Waals surface area contributed by atoms with E-state index < -0.39 is 41.0 Å². The number of hydrogen-bond acceptors (Lipinski definition) is 5. The molecule has 0 radical (unpaired) electrons. The van der Waals surface area contributed by atoms with Gasteiger partial charge < -0.3 is 5.11 Å². The third kappa shape index (κ3) is 4.44. The minimum Gasteiger partial charge on any atom is -0.377 e. The standard InChI is InChI=1S/C23H15F4N5O/c24-18-9-10-19(20(25)12-18)22(33,14-32-15-29-30-31-32)23(26,27)21-11-8-17(13-28-21)7-6-16-4-2-1-3-5-16/h1-5,8-13,15,33H,14H2. The first-order valence-corrected chi connectivity index (χ1v) is 9.60. The fourth-order valence-corrected chi connectivity index (χ4v) is 3.20. The molecule has 1 atom stereocenters. The molecule has 0 amide bonds. The van der Waals surface area contributed by atoms with Gasteiger partial charge in [-0.1, -0.05) is 30.0 Å². The van der Waals surface area contributed by atoms with Crippen LogP contribution >= 0.6 is 0 Å². The van der Waals surface area contributed by atoms with Gasteiger partial charge in [0, 0.05) is 29.0 Å². The van der Waals surface area contributed by atoms with Crippen LogP contribution in [0.5, 0.6) is 0 Å². The maximum Gasteiger partial charge on any atom is 0.323 e. The molecule has 2 aromatic heterocycles. The zero-order chi connectivity index (χ0) is 23.5. The van der Waals surface area contributed by atoms with Crippen molar-refractivity contribution in [2.75, 3.05) is 0 Å². The Labute approximate surface area is 185 Å². The normalized spacial score (nSPS) is 13.1. The van der Waals surface area contributed by atoms with Crippen molar-refractivity contribution < 1.29 is 22.7 Å². The zero-order valence-electron chi connectivity index (χ0n) is 16.8. The van der Waals surface area contributed by atoms with Gasteiger partial charge in [0.25, 0.3) is 0 Å². The SMILES string of the molecule is OC(Cn1cnnn1)(c1ccc(F)cc1F)C(F)(F)c1ccc(C#Cc2ccccc2)cn1. The van der Waals surface area contributed by atoms with Crippen molar-refractivity contribution in [2.45, 2.75) is 18.1 Å². The second-order valence-electron chi connectivity index (χ2n) is 7.11. The Kier molecular flexibility index (Phi) is 5.89. The molecule has 4 aromatic rings. The average molecular weight is 453 g/mol. The monoisotopic (exact) mass is 453 g/mol. The largest absolute Gasteiger partial charge is 0.377 e. The smallest absolute Gasteiger partial charge is 0.323 e. The van der Waals surface area contributed by atoms with E-state index in [0.29, 0.717) is 11.6 Å². The second-order valence-corrected chi connectivity index (χ2v) is 7.11. The number of nitrogens with zero attached hydrogens (tertiary/aromatic N) is 5. The first-order valence-electron chi connectivity index (χ1n) is 9.60. The molecule has 2 aromatic carbocycles. The Bertz CT molecular complexity index is 1300. The molecular weight excluding hydrogens is 438 g/mol. The number of benzene rings is 2. The molecule has 33 heavy (non-hydrogen) atoms. The Balaban J connectivity index is 1.72. The van der Waals surface area contributed by atoms with Crippen LogP contribution in [0.1, 0.15) is 22.4 Å². The molecule has 1 N–H and O–H groups in total. The topological polar surface area (TPSA) is 76.7 Å². The van der Waals surface area contributed by atoms with Crippen LogP contribution in [0.15, 0.2) is 73.2 Å². The lowest BCUT2D eigenvalue weighted by Gasteiger charge is -2.35. The van der Waals surface area contributed by atoms with Gasteiger partial charge in [-0.2, -0.15) is 8.78 Å². The quantitative estimate of drug-likeness (QED) is 0.370. The van der Waals surface area contributed by atoms with Gasteiger partial charge >= 0.3 is 5.92 Å². The van der Waals surface area contributed by atoms with Crippen LogP contribution in [0, 0.1) is 23.5 Å². The van der Waals surface area contributed by atoms with E-state index >= 15 is 8.78 Å². The predicted octanol–water partition coefficient (Wildman–Crippen LogP) is 3.43. The molecule has 0 aliphatic rings. The molecule has 0 saturated carbocycles. The van der Waals surface area contributed by atoms with Crippen molar-refractivity contribution >= 4 is 0 Å². The van der Waals surface area contributed by atoms with Crippen molar-refractivity contribution in [3.05, 3.63) is 107 Å². The van der Waals surface area contributed by atoms with Gasteiger partial charge in [-0.25, -0.2) is 13.5 Å². The van der Waals surface area contributed by atoms with E-state index in [0.717, 1.165) is 41.0 Å². The van der Waals surface area contributed by atoms with Crippen molar-refractivity contribution in [3.63, 3.8) is 0 Å². The summed E-state index contributed by atoms with van der Waals surface area (Å²) in [6.45, 7) is -0.924.